The molecule has 8 nitrogen and oxygen atoms in total. The van der Waals surface area contributed by atoms with Crippen molar-refractivity contribution in [3.63, 3.8) is 0 Å². The molecule has 0 saturated carbocycles. The molecule has 0 unspecified atom stereocenters. The number of carbonyl (C=O) groups excluding carboxylic acids is 1. The number of amides is 1. The molecule has 0 heterocycles. The molecule has 0 bridgehead atoms. The summed E-state index contributed by atoms with van der Waals surface area (Å²) >= 11 is 0. The second kappa shape index (κ2) is 16.6. The van der Waals surface area contributed by atoms with Crippen LogP contribution in [0.1, 0.15) is 23.7 Å². The average Bonchev–Trinajstić information content (AvgIpc) is 2.64. The molecule has 0 aliphatic heterocycles. The summed E-state index contributed by atoms with van der Waals surface area (Å²) < 4.78 is 10.3. The van der Waals surface area contributed by atoms with Crippen LogP contribution in [-0.2, 0) is 9.47 Å². The minimum atomic E-state index is -0.306. The first-order valence-corrected chi connectivity index (χ1v) is 8.84. The minimum absolute atomic E-state index is 0. The van der Waals surface area contributed by atoms with Gasteiger partial charge in [-0.2, -0.15) is 0 Å². The highest BCUT2D eigenvalue weighted by atomic mass is 127. The summed E-state index contributed by atoms with van der Waals surface area (Å²) in [7, 11) is 1.65. The summed E-state index contributed by atoms with van der Waals surface area (Å²) in [6.45, 7) is 6.16. The molecule has 27 heavy (non-hydrogen) atoms. The van der Waals surface area contributed by atoms with E-state index in [0.29, 0.717) is 45.4 Å². The molecular formula is C18H31IN4O4. The zero-order chi connectivity index (χ0) is 19.0. The van der Waals surface area contributed by atoms with Crippen LogP contribution < -0.4 is 16.0 Å². The van der Waals surface area contributed by atoms with Crippen LogP contribution >= 0.6 is 24.0 Å². The van der Waals surface area contributed by atoms with E-state index < -0.39 is 0 Å². The van der Waals surface area contributed by atoms with Crippen LogP contribution in [0.4, 0.5) is 0 Å². The molecular weight excluding hydrogens is 463 g/mol. The van der Waals surface area contributed by atoms with Crippen LogP contribution in [0.5, 0.6) is 5.75 Å². The number of aromatic hydroxyl groups is 1. The molecule has 9 heteroatoms. The summed E-state index contributed by atoms with van der Waals surface area (Å²) in [6, 6.07) is 6.46. The Kier molecular flexibility index (Phi) is 15.6. The lowest BCUT2D eigenvalue weighted by molar-refractivity contribution is 0.0702. The molecule has 1 aromatic carbocycles. The molecule has 4 N–H and O–H groups in total. The summed E-state index contributed by atoms with van der Waals surface area (Å²) in [5.41, 5.74) is 0.265. The maximum absolute atomic E-state index is 12.0. The smallest absolute Gasteiger partial charge is 0.255 e. The highest BCUT2D eigenvalue weighted by Crippen LogP contribution is 2.14. The second-order valence-electron chi connectivity index (χ2n) is 5.42. The summed E-state index contributed by atoms with van der Waals surface area (Å²) in [5, 5.41) is 18.7. The van der Waals surface area contributed by atoms with E-state index in [-0.39, 0.29) is 41.2 Å². The molecule has 0 saturated heterocycles. The van der Waals surface area contributed by atoms with Crippen LogP contribution in [0.3, 0.4) is 0 Å². The Morgan fingerprint density at radius 1 is 1.11 bits per heavy atom. The Morgan fingerprint density at radius 2 is 1.85 bits per heavy atom. The van der Waals surface area contributed by atoms with Crippen molar-refractivity contribution in [3.8, 4) is 5.75 Å². The van der Waals surface area contributed by atoms with Crippen molar-refractivity contribution in [2.75, 3.05) is 53.1 Å². The van der Waals surface area contributed by atoms with E-state index in [2.05, 4.69) is 20.9 Å². The molecule has 1 amide bonds. The molecule has 0 radical (unpaired) electrons. The van der Waals surface area contributed by atoms with Gasteiger partial charge in [0.1, 0.15) is 5.75 Å². The summed E-state index contributed by atoms with van der Waals surface area (Å²) in [4.78, 5) is 16.4. The number of methoxy groups -OCH3 is 1. The lowest BCUT2D eigenvalue weighted by atomic mass is 10.2. The molecule has 154 valence electrons. The van der Waals surface area contributed by atoms with E-state index in [1.54, 1.807) is 25.3 Å². The number of para-hydroxylation sites is 1. The lowest BCUT2D eigenvalue weighted by Crippen LogP contribution is -2.41. The number of benzene rings is 1. The van der Waals surface area contributed by atoms with Crippen molar-refractivity contribution >= 4 is 35.8 Å². The van der Waals surface area contributed by atoms with Crippen molar-refractivity contribution in [2.24, 2.45) is 4.99 Å². The van der Waals surface area contributed by atoms with Crippen LogP contribution in [0.25, 0.3) is 0 Å². The van der Waals surface area contributed by atoms with Gasteiger partial charge >= 0.3 is 0 Å². The fourth-order valence-electron chi connectivity index (χ4n) is 2.06. The first-order valence-electron chi connectivity index (χ1n) is 8.84. The molecule has 0 aliphatic carbocycles. The molecule has 1 rings (SSSR count). The van der Waals surface area contributed by atoms with Gasteiger partial charge in [0.25, 0.3) is 5.91 Å². The van der Waals surface area contributed by atoms with E-state index in [1.165, 1.54) is 6.07 Å². The SMILES string of the molecule is CCNC(=NCCCOCCOC)NCCNC(=O)c1ccccc1O.I. The van der Waals surface area contributed by atoms with Crippen LogP contribution in [-0.4, -0.2) is 70.1 Å². The molecule has 0 atom stereocenters. The van der Waals surface area contributed by atoms with Crippen LogP contribution in [0, 0.1) is 0 Å². The number of carbonyl (C=O) groups is 1. The first kappa shape index (κ1) is 25.4. The van der Waals surface area contributed by atoms with Crippen molar-refractivity contribution in [1.29, 1.82) is 0 Å². The number of phenolic OH excluding ortho intramolecular Hbond substituents is 1. The number of hydrogen-bond donors (Lipinski definition) is 4. The molecule has 0 aromatic heterocycles. The number of hydrogen-bond acceptors (Lipinski definition) is 5. The fraction of sp³-hybridized carbons (Fsp3) is 0.556. The quantitative estimate of drug-likeness (QED) is 0.151. The largest absolute Gasteiger partial charge is 0.507 e. The topological polar surface area (TPSA) is 104 Å². The lowest BCUT2D eigenvalue weighted by Gasteiger charge is -2.12. The van der Waals surface area contributed by atoms with Gasteiger partial charge in [0.2, 0.25) is 0 Å². The van der Waals surface area contributed by atoms with Gasteiger partial charge in [0.15, 0.2) is 5.96 Å². The second-order valence-corrected chi connectivity index (χ2v) is 5.42. The number of ether oxygens (including phenoxy) is 2. The van der Waals surface area contributed by atoms with Crippen molar-refractivity contribution in [1.82, 2.24) is 16.0 Å². The predicted octanol–water partition coefficient (Wildman–Crippen LogP) is 1.35. The van der Waals surface area contributed by atoms with Crippen LogP contribution in [0.2, 0.25) is 0 Å². The van der Waals surface area contributed by atoms with E-state index >= 15 is 0 Å². The number of nitrogens with zero attached hydrogens (tertiary/aromatic N) is 1. The number of rotatable bonds is 12. The Labute approximate surface area is 178 Å². The van der Waals surface area contributed by atoms with Gasteiger partial charge < -0.3 is 30.5 Å². The highest BCUT2D eigenvalue weighted by Gasteiger charge is 2.08. The molecule has 0 aliphatic rings. The average molecular weight is 494 g/mol. The number of phenols is 1. The van der Waals surface area contributed by atoms with Gasteiger partial charge in [-0.3, -0.25) is 9.79 Å². The maximum Gasteiger partial charge on any atom is 0.255 e. The monoisotopic (exact) mass is 494 g/mol. The predicted molar refractivity (Wildman–Crippen MR) is 117 cm³/mol. The Balaban J connectivity index is 0.00000676. The van der Waals surface area contributed by atoms with E-state index in [1.807, 2.05) is 6.92 Å². The third-order valence-electron chi connectivity index (χ3n) is 3.34. The first-order chi connectivity index (χ1) is 12.7. The Hall–Kier alpha value is -1.59. The third-order valence-corrected chi connectivity index (χ3v) is 3.34. The van der Waals surface area contributed by atoms with Gasteiger partial charge in [-0.25, -0.2) is 0 Å². The number of guanidine groups is 1. The van der Waals surface area contributed by atoms with Gasteiger partial charge in [-0.1, -0.05) is 12.1 Å². The van der Waals surface area contributed by atoms with Crippen LogP contribution in [0.15, 0.2) is 29.3 Å². The fourth-order valence-corrected chi connectivity index (χ4v) is 2.06. The number of aliphatic imine (C=N–C) groups is 1. The Morgan fingerprint density at radius 3 is 2.56 bits per heavy atom. The van der Waals surface area contributed by atoms with E-state index in [4.69, 9.17) is 9.47 Å². The van der Waals surface area contributed by atoms with Gasteiger partial charge in [-0.15, -0.1) is 24.0 Å². The zero-order valence-electron chi connectivity index (χ0n) is 16.0. The van der Waals surface area contributed by atoms with Crippen molar-refractivity contribution in [3.05, 3.63) is 29.8 Å². The minimum Gasteiger partial charge on any atom is -0.507 e. The van der Waals surface area contributed by atoms with E-state index in [0.717, 1.165) is 13.0 Å². The Bertz CT molecular complexity index is 558. The van der Waals surface area contributed by atoms with Gasteiger partial charge in [-0.05, 0) is 25.5 Å². The van der Waals surface area contributed by atoms with E-state index in [9.17, 15) is 9.90 Å². The number of nitrogens with one attached hydrogen (secondary N) is 3. The zero-order valence-corrected chi connectivity index (χ0v) is 18.3. The van der Waals surface area contributed by atoms with Gasteiger partial charge in [0, 0.05) is 39.9 Å². The van der Waals surface area contributed by atoms with Crippen molar-refractivity contribution < 1.29 is 19.4 Å². The third kappa shape index (κ3) is 11.7. The summed E-state index contributed by atoms with van der Waals surface area (Å²) in [6.07, 6.45) is 0.824. The standard InChI is InChI=1S/C18H30N4O4.HI/c1-3-19-18(21-9-6-12-26-14-13-25-2)22-11-10-20-17(24)15-7-4-5-8-16(15)23;/h4-5,7-8,23H,3,6,9-14H2,1-2H3,(H,20,24)(H2,19,21,22);1H. The number of halogens is 1. The summed E-state index contributed by atoms with van der Waals surface area (Å²) in [5.74, 6) is 0.363. The molecule has 0 spiro atoms. The van der Waals surface area contributed by atoms with Crippen molar-refractivity contribution in [2.45, 2.75) is 13.3 Å². The molecule has 1 aromatic rings. The maximum atomic E-state index is 12.0. The normalized spacial score (nSPS) is 10.8. The molecule has 0 fully saturated rings. The van der Waals surface area contributed by atoms with Gasteiger partial charge in [0.05, 0.1) is 18.8 Å². The highest BCUT2D eigenvalue weighted by molar-refractivity contribution is 14.0.